The zero-order valence-electron chi connectivity index (χ0n) is 20.4. The second kappa shape index (κ2) is 12.5. The summed E-state index contributed by atoms with van der Waals surface area (Å²) in [6.07, 6.45) is 5.51. The molecule has 0 aliphatic heterocycles. The quantitative estimate of drug-likeness (QED) is 0.300. The van der Waals surface area contributed by atoms with E-state index in [9.17, 15) is 9.59 Å². The number of pyridine rings is 1. The van der Waals surface area contributed by atoms with Crippen molar-refractivity contribution >= 4 is 33.9 Å². The van der Waals surface area contributed by atoms with Crippen molar-refractivity contribution in [2.75, 3.05) is 26.1 Å². The number of methoxy groups -OCH3 is 2. The summed E-state index contributed by atoms with van der Waals surface area (Å²) in [4.78, 5) is 33.8. The molecule has 0 bridgehead atoms. The van der Waals surface area contributed by atoms with Gasteiger partial charge in [-0.2, -0.15) is 0 Å². The molecule has 0 saturated carbocycles. The summed E-state index contributed by atoms with van der Waals surface area (Å²) in [7, 11) is 3.17. The molecule has 2 aromatic carbocycles. The largest absolute Gasteiger partial charge is 0.493 e. The minimum atomic E-state index is -0.350. The van der Waals surface area contributed by atoms with Crippen molar-refractivity contribution in [1.29, 1.82) is 0 Å². The van der Waals surface area contributed by atoms with Crippen molar-refractivity contribution < 1.29 is 19.1 Å². The van der Waals surface area contributed by atoms with Crippen LogP contribution in [0.2, 0.25) is 0 Å². The Labute approximate surface area is 219 Å². The van der Waals surface area contributed by atoms with Crippen molar-refractivity contribution in [2.24, 2.45) is 0 Å². The van der Waals surface area contributed by atoms with Crippen LogP contribution in [0.15, 0.2) is 84.5 Å². The number of ether oxygens (including phenoxy) is 2. The molecule has 0 fully saturated rings. The molecular formula is C28H26N4O4S. The number of nitrogens with one attached hydrogen (secondary N) is 2. The molecule has 188 valence electrons. The van der Waals surface area contributed by atoms with E-state index in [2.05, 4.69) is 20.6 Å². The van der Waals surface area contributed by atoms with E-state index in [1.54, 1.807) is 32.0 Å². The second-order valence-electron chi connectivity index (χ2n) is 7.89. The zero-order valence-corrected chi connectivity index (χ0v) is 21.2. The summed E-state index contributed by atoms with van der Waals surface area (Å²) in [6, 6.07) is 18.9. The number of carbonyl (C=O) groups excluding carboxylic acids is 2. The van der Waals surface area contributed by atoms with Gasteiger partial charge in [0.15, 0.2) is 16.6 Å². The van der Waals surface area contributed by atoms with Crippen LogP contribution in [-0.4, -0.2) is 42.5 Å². The molecule has 0 radical (unpaired) electrons. The maximum atomic E-state index is 12.8. The number of rotatable bonds is 10. The van der Waals surface area contributed by atoms with Gasteiger partial charge in [0.25, 0.3) is 11.8 Å². The van der Waals surface area contributed by atoms with Gasteiger partial charge in [0.05, 0.1) is 14.2 Å². The molecule has 0 unspecified atom stereocenters. The summed E-state index contributed by atoms with van der Waals surface area (Å²) in [6.45, 7) is 0.418. The van der Waals surface area contributed by atoms with Crippen LogP contribution in [0.4, 0.5) is 5.13 Å². The van der Waals surface area contributed by atoms with Crippen LogP contribution in [0.25, 0.3) is 5.57 Å². The Morgan fingerprint density at radius 1 is 0.973 bits per heavy atom. The van der Waals surface area contributed by atoms with Crippen LogP contribution < -0.4 is 20.1 Å². The number of nitrogens with zero attached hydrogens (tertiary/aromatic N) is 2. The Hall–Kier alpha value is -4.50. The number of benzene rings is 2. The topological polar surface area (TPSA) is 102 Å². The first-order chi connectivity index (χ1) is 18.1. The third kappa shape index (κ3) is 6.80. The number of hydrogen-bond acceptors (Lipinski definition) is 7. The SMILES string of the molecule is COc1ccc(CCNC(=O)c2csc(NC(=O)/C=C(\c3ccccc3)c3cccnc3)n2)cc1OC. The second-order valence-corrected chi connectivity index (χ2v) is 8.75. The minimum Gasteiger partial charge on any atom is -0.493 e. The predicted molar refractivity (Wildman–Crippen MR) is 144 cm³/mol. The third-order valence-electron chi connectivity index (χ3n) is 5.45. The average Bonchev–Trinajstić information content (AvgIpc) is 3.41. The summed E-state index contributed by atoms with van der Waals surface area (Å²) in [5.41, 5.74) is 3.68. The van der Waals surface area contributed by atoms with Crippen molar-refractivity contribution in [2.45, 2.75) is 6.42 Å². The smallest absolute Gasteiger partial charge is 0.270 e. The molecule has 0 saturated heterocycles. The van der Waals surface area contributed by atoms with Crippen molar-refractivity contribution in [3.05, 3.63) is 107 Å². The van der Waals surface area contributed by atoms with E-state index in [-0.39, 0.29) is 17.5 Å². The van der Waals surface area contributed by atoms with Gasteiger partial charge < -0.3 is 14.8 Å². The first kappa shape index (κ1) is 25.6. The molecule has 4 rings (SSSR count). The zero-order chi connectivity index (χ0) is 26.0. The van der Waals surface area contributed by atoms with Gasteiger partial charge in [0.2, 0.25) is 0 Å². The monoisotopic (exact) mass is 514 g/mol. The van der Waals surface area contributed by atoms with Crippen LogP contribution in [0.1, 0.15) is 27.2 Å². The molecule has 2 amide bonds. The molecule has 4 aromatic rings. The number of amides is 2. The number of anilines is 1. The van der Waals surface area contributed by atoms with Gasteiger partial charge in [-0.25, -0.2) is 4.98 Å². The van der Waals surface area contributed by atoms with Crippen LogP contribution in [0.5, 0.6) is 11.5 Å². The van der Waals surface area contributed by atoms with E-state index in [1.807, 2.05) is 60.7 Å². The first-order valence-corrected chi connectivity index (χ1v) is 12.4. The third-order valence-corrected chi connectivity index (χ3v) is 6.20. The Morgan fingerprint density at radius 3 is 2.49 bits per heavy atom. The molecule has 9 heteroatoms. The molecule has 2 N–H and O–H groups in total. The number of thiazole rings is 1. The van der Waals surface area contributed by atoms with Gasteiger partial charge in [-0.05, 0) is 41.3 Å². The lowest BCUT2D eigenvalue weighted by Gasteiger charge is -2.09. The fourth-order valence-electron chi connectivity index (χ4n) is 3.63. The molecular weight excluding hydrogens is 488 g/mol. The highest BCUT2D eigenvalue weighted by molar-refractivity contribution is 7.14. The number of hydrogen-bond donors (Lipinski definition) is 2. The maximum Gasteiger partial charge on any atom is 0.270 e. The van der Waals surface area contributed by atoms with Gasteiger partial charge in [0.1, 0.15) is 5.69 Å². The lowest BCUT2D eigenvalue weighted by atomic mass is 9.99. The summed E-state index contributed by atoms with van der Waals surface area (Å²) >= 11 is 1.19. The highest BCUT2D eigenvalue weighted by Crippen LogP contribution is 2.27. The molecule has 2 heterocycles. The molecule has 0 aliphatic rings. The Balaban J connectivity index is 1.37. The van der Waals surface area contributed by atoms with E-state index in [0.29, 0.717) is 29.6 Å². The Kier molecular flexibility index (Phi) is 8.62. The summed E-state index contributed by atoms with van der Waals surface area (Å²) in [5, 5.41) is 7.57. The lowest BCUT2D eigenvalue weighted by Crippen LogP contribution is -2.26. The van der Waals surface area contributed by atoms with Crippen LogP contribution in [-0.2, 0) is 11.2 Å². The predicted octanol–water partition coefficient (Wildman–Crippen LogP) is 4.60. The molecule has 8 nitrogen and oxygen atoms in total. The van der Waals surface area contributed by atoms with E-state index in [1.165, 1.54) is 17.4 Å². The van der Waals surface area contributed by atoms with Gasteiger partial charge in [0, 0.05) is 36.0 Å². The van der Waals surface area contributed by atoms with Crippen molar-refractivity contribution in [3.8, 4) is 11.5 Å². The summed E-state index contributed by atoms with van der Waals surface area (Å²) in [5.74, 6) is 0.628. The van der Waals surface area contributed by atoms with Crippen LogP contribution >= 0.6 is 11.3 Å². The molecule has 0 atom stereocenters. The van der Waals surface area contributed by atoms with Crippen LogP contribution in [0.3, 0.4) is 0 Å². The van der Waals surface area contributed by atoms with Crippen LogP contribution in [0, 0.1) is 0 Å². The van der Waals surface area contributed by atoms with E-state index in [0.717, 1.165) is 22.3 Å². The Morgan fingerprint density at radius 2 is 1.76 bits per heavy atom. The molecule has 37 heavy (non-hydrogen) atoms. The maximum absolute atomic E-state index is 12.8. The van der Waals surface area contributed by atoms with Gasteiger partial charge in [-0.15, -0.1) is 11.3 Å². The van der Waals surface area contributed by atoms with E-state index < -0.39 is 0 Å². The number of carbonyl (C=O) groups is 2. The van der Waals surface area contributed by atoms with E-state index in [4.69, 9.17) is 9.47 Å². The average molecular weight is 515 g/mol. The number of aromatic nitrogens is 2. The van der Waals surface area contributed by atoms with E-state index >= 15 is 0 Å². The standard InChI is InChI=1S/C28H26N4O4S/c1-35-24-11-10-19(15-25(24)36-2)12-14-30-27(34)23-18-37-28(31-23)32-26(33)16-22(20-7-4-3-5-8-20)21-9-6-13-29-17-21/h3-11,13,15-18H,12,14H2,1-2H3,(H,30,34)(H,31,32,33)/b22-16+. The van der Waals surface area contributed by atoms with Crippen molar-refractivity contribution in [1.82, 2.24) is 15.3 Å². The molecule has 0 aliphatic carbocycles. The fraction of sp³-hybridized carbons (Fsp3) is 0.143. The highest BCUT2D eigenvalue weighted by atomic mass is 32.1. The van der Waals surface area contributed by atoms with Crippen molar-refractivity contribution in [3.63, 3.8) is 0 Å². The lowest BCUT2D eigenvalue weighted by molar-refractivity contribution is -0.111. The highest BCUT2D eigenvalue weighted by Gasteiger charge is 2.13. The van der Waals surface area contributed by atoms with Gasteiger partial charge in [-0.1, -0.05) is 42.5 Å². The fourth-order valence-corrected chi connectivity index (χ4v) is 4.32. The minimum absolute atomic E-state index is 0.243. The molecule has 2 aromatic heterocycles. The Bertz CT molecular complexity index is 1350. The van der Waals surface area contributed by atoms with Gasteiger partial charge in [-0.3, -0.25) is 19.9 Å². The summed E-state index contributed by atoms with van der Waals surface area (Å²) < 4.78 is 10.6. The first-order valence-electron chi connectivity index (χ1n) is 11.5. The molecule has 0 spiro atoms. The normalized spacial score (nSPS) is 11.0. The van der Waals surface area contributed by atoms with Gasteiger partial charge >= 0.3 is 0 Å².